The molecule has 5 nitrogen and oxygen atoms in total. The number of hydrogen-bond acceptors (Lipinski definition) is 4. The molecule has 0 aliphatic carbocycles. The molecule has 2 aromatic rings. The number of aromatic nitrogens is 5. The zero-order chi connectivity index (χ0) is 7.84. The van der Waals surface area contributed by atoms with Gasteiger partial charge in [0.25, 0.3) is 0 Å². The number of aryl methyl sites for hydroxylation is 1. The van der Waals surface area contributed by atoms with Crippen molar-refractivity contribution in [2.45, 2.75) is 0 Å². The number of aromatic amines is 1. The van der Waals surface area contributed by atoms with Gasteiger partial charge in [0, 0.05) is 7.05 Å². The summed E-state index contributed by atoms with van der Waals surface area (Å²) in [6.07, 6.45) is 1.55. The Morgan fingerprint density at radius 3 is 3.27 bits per heavy atom. The van der Waals surface area contributed by atoms with Crippen molar-refractivity contribution in [1.29, 1.82) is 0 Å². The fourth-order valence-corrected chi connectivity index (χ4v) is 1.02. The molecule has 0 amide bonds. The third-order valence-electron chi connectivity index (χ3n) is 1.40. The van der Waals surface area contributed by atoms with Gasteiger partial charge in [-0.2, -0.15) is 0 Å². The van der Waals surface area contributed by atoms with Crippen LogP contribution in [0, 0.1) is 4.64 Å². The van der Waals surface area contributed by atoms with Crippen molar-refractivity contribution < 1.29 is 0 Å². The molecule has 1 N–H and O–H groups in total. The minimum atomic E-state index is 0.563. The van der Waals surface area contributed by atoms with Crippen molar-refractivity contribution in [3.63, 3.8) is 0 Å². The summed E-state index contributed by atoms with van der Waals surface area (Å²) in [4.78, 5) is 6.80. The number of fused-ring (bicyclic) bond motifs is 1. The van der Waals surface area contributed by atoms with Gasteiger partial charge in [0.1, 0.15) is 5.52 Å². The van der Waals surface area contributed by atoms with E-state index in [1.165, 1.54) is 4.68 Å². The number of nitrogens with zero attached hydrogens (tertiary/aromatic N) is 4. The second-order valence-corrected chi connectivity index (χ2v) is 2.51. The first-order valence-corrected chi connectivity index (χ1v) is 3.43. The summed E-state index contributed by atoms with van der Waals surface area (Å²) in [5, 5.41) is 7.56. The molecule has 0 bridgehead atoms. The second kappa shape index (κ2) is 2.09. The van der Waals surface area contributed by atoms with Crippen molar-refractivity contribution in [2.75, 3.05) is 0 Å². The Morgan fingerprint density at radius 2 is 2.45 bits per heavy atom. The maximum absolute atomic E-state index is 5.04. The molecular weight excluding hydrogens is 162 g/mol. The highest BCUT2D eigenvalue weighted by molar-refractivity contribution is 7.71. The van der Waals surface area contributed by atoms with Crippen LogP contribution in [-0.2, 0) is 7.05 Å². The van der Waals surface area contributed by atoms with Crippen molar-refractivity contribution >= 4 is 23.4 Å². The van der Waals surface area contributed by atoms with E-state index in [1.54, 1.807) is 13.4 Å². The Hall–Kier alpha value is -1.30. The lowest BCUT2D eigenvalue weighted by molar-refractivity contribution is 0.669. The lowest BCUT2D eigenvalue weighted by Gasteiger charge is -1.93. The minimum Gasteiger partial charge on any atom is -0.341 e. The third kappa shape index (κ3) is 0.829. The van der Waals surface area contributed by atoms with Crippen LogP contribution in [0.5, 0.6) is 0 Å². The van der Waals surface area contributed by atoms with E-state index in [1.807, 2.05) is 0 Å². The lowest BCUT2D eigenvalue weighted by Crippen LogP contribution is -2.01. The number of rotatable bonds is 0. The van der Waals surface area contributed by atoms with E-state index >= 15 is 0 Å². The van der Waals surface area contributed by atoms with Gasteiger partial charge >= 0.3 is 0 Å². The number of H-pyrrole nitrogens is 1. The summed E-state index contributed by atoms with van der Waals surface area (Å²) in [5.74, 6) is 0. The lowest BCUT2D eigenvalue weighted by atomic mass is 10.6. The molecule has 0 saturated heterocycles. The van der Waals surface area contributed by atoms with E-state index in [9.17, 15) is 0 Å². The normalized spacial score (nSPS) is 10.6. The van der Waals surface area contributed by atoms with Crippen LogP contribution in [0.1, 0.15) is 0 Å². The van der Waals surface area contributed by atoms with E-state index in [0.29, 0.717) is 10.3 Å². The zero-order valence-electron chi connectivity index (χ0n) is 5.77. The summed E-state index contributed by atoms with van der Waals surface area (Å²) in [5.41, 5.74) is 1.32. The van der Waals surface area contributed by atoms with Crippen LogP contribution in [0.25, 0.3) is 11.2 Å². The van der Waals surface area contributed by atoms with Gasteiger partial charge in [-0.3, -0.25) is 0 Å². The molecule has 2 rings (SSSR count). The fraction of sp³-hybridized carbons (Fsp3) is 0.200. The van der Waals surface area contributed by atoms with Gasteiger partial charge in [0.2, 0.25) is 5.65 Å². The number of nitrogens with one attached hydrogen (secondary N) is 1. The first-order valence-electron chi connectivity index (χ1n) is 3.02. The molecule has 0 saturated carbocycles. The highest BCUT2D eigenvalue weighted by atomic mass is 32.1. The summed E-state index contributed by atoms with van der Waals surface area (Å²) in [6, 6.07) is 0. The van der Waals surface area contributed by atoms with Crippen molar-refractivity contribution in [1.82, 2.24) is 25.0 Å². The molecule has 2 aromatic heterocycles. The summed E-state index contributed by atoms with van der Waals surface area (Å²) >= 11 is 5.04. The van der Waals surface area contributed by atoms with Crippen molar-refractivity contribution in [3.05, 3.63) is 11.0 Å². The van der Waals surface area contributed by atoms with E-state index in [2.05, 4.69) is 20.3 Å². The molecule has 2 heterocycles. The monoisotopic (exact) mass is 167 g/mol. The van der Waals surface area contributed by atoms with Crippen molar-refractivity contribution in [3.8, 4) is 0 Å². The van der Waals surface area contributed by atoms with Gasteiger partial charge in [0.15, 0.2) is 4.64 Å². The van der Waals surface area contributed by atoms with Gasteiger partial charge in [-0.05, 0) is 0 Å². The predicted molar refractivity (Wildman–Crippen MR) is 41.5 cm³/mol. The van der Waals surface area contributed by atoms with Crippen LogP contribution in [-0.4, -0.2) is 25.0 Å². The fourth-order valence-electron chi connectivity index (χ4n) is 0.832. The Morgan fingerprint density at radius 1 is 1.64 bits per heavy atom. The Labute approximate surface area is 67.1 Å². The highest BCUT2D eigenvalue weighted by Crippen LogP contribution is 2.03. The predicted octanol–water partition coefficient (Wildman–Crippen LogP) is 0.421. The molecule has 0 aliphatic rings. The molecule has 0 spiro atoms. The van der Waals surface area contributed by atoms with Crippen molar-refractivity contribution in [2.24, 2.45) is 7.05 Å². The SMILES string of the molecule is Cn1nnc2nc[nH]c2c1=S. The first kappa shape index (κ1) is 6.41. The van der Waals surface area contributed by atoms with E-state index in [4.69, 9.17) is 12.2 Å². The molecular formula is C5H5N5S. The Balaban J connectivity index is 3.05. The molecule has 11 heavy (non-hydrogen) atoms. The standard InChI is InChI=1S/C5H5N5S/c1-10-5(11)3-4(8-9-10)7-2-6-3/h2H,1H3,(H,6,7). The van der Waals surface area contributed by atoms with E-state index < -0.39 is 0 Å². The second-order valence-electron chi connectivity index (χ2n) is 2.12. The van der Waals surface area contributed by atoms with Crippen LogP contribution in [0.3, 0.4) is 0 Å². The number of hydrogen-bond donors (Lipinski definition) is 1. The average Bonchev–Trinajstić information content (AvgIpc) is 2.45. The largest absolute Gasteiger partial charge is 0.341 e. The molecule has 0 fully saturated rings. The van der Waals surface area contributed by atoms with Crippen LogP contribution < -0.4 is 0 Å². The quantitative estimate of drug-likeness (QED) is 0.578. The maximum atomic E-state index is 5.04. The van der Waals surface area contributed by atoms with Crippen LogP contribution >= 0.6 is 12.2 Å². The van der Waals surface area contributed by atoms with Gasteiger partial charge in [-0.25, -0.2) is 9.67 Å². The maximum Gasteiger partial charge on any atom is 0.204 e. The molecule has 56 valence electrons. The van der Waals surface area contributed by atoms with Gasteiger partial charge < -0.3 is 4.98 Å². The third-order valence-corrected chi connectivity index (χ3v) is 1.87. The summed E-state index contributed by atoms with van der Waals surface area (Å²) < 4.78 is 2.14. The highest BCUT2D eigenvalue weighted by Gasteiger charge is 1.99. The Kier molecular flexibility index (Phi) is 1.22. The average molecular weight is 167 g/mol. The van der Waals surface area contributed by atoms with E-state index in [-0.39, 0.29) is 0 Å². The Bertz CT molecular complexity index is 441. The smallest absolute Gasteiger partial charge is 0.204 e. The molecule has 0 atom stereocenters. The van der Waals surface area contributed by atoms with Gasteiger partial charge in [-0.1, -0.05) is 17.4 Å². The van der Waals surface area contributed by atoms with E-state index in [0.717, 1.165) is 5.52 Å². The number of imidazole rings is 1. The summed E-state index contributed by atoms with van der Waals surface area (Å²) in [7, 11) is 1.75. The zero-order valence-corrected chi connectivity index (χ0v) is 6.59. The van der Waals surface area contributed by atoms with Crippen LogP contribution in [0.15, 0.2) is 6.33 Å². The molecule has 0 unspecified atom stereocenters. The minimum absolute atomic E-state index is 0.563. The van der Waals surface area contributed by atoms with Crippen LogP contribution in [0.4, 0.5) is 0 Å². The molecule has 0 radical (unpaired) electrons. The van der Waals surface area contributed by atoms with Crippen LogP contribution in [0.2, 0.25) is 0 Å². The van der Waals surface area contributed by atoms with Gasteiger partial charge in [0.05, 0.1) is 6.33 Å². The molecule has 0 aliphatic heterocycles. The topological polar surface area (TPSA) is 59.4 Å². The first-order chi connectivity index (χ1) is 5.29. The van der Waals surface area contributed by atoms with Gasteiger partial charge in [-0.15, -0.1) is 5.10 Å². The summed E-state index contributed by atoms with van der Waals surface area (Å²) in [6.45, 7) is 0. The molecule has 0 aromatic carbocycles. The molecule has 6 heteroatoms.